The summed E-state index contributed by atoms with van der Waals surface area (Å²) in [6.45, 7) is 0. The van der Waals surface area contributed by atoms with Crippen molar-refractivity contribution in [2.45, 2.75) is 6.04 Å². The van der Waals surface area contributed by atoms with Crippen LogP contribution in [-0.4, -0.2) is 48.4 Å². The maximum Gasteiger partial charge on any atom is 0.268 e. The first-order chi connectivity index (χ1) is 12.2. The fraction of sp³-hybridized carbons (Fsp3) is 0.286. The highest BCUT2D eigenvalue weighted by atomic mass is 35.5. The van der Waals surface area contributed by atoms with Crippen LogP contribution in [0.5, 0.6) is 0 Å². The van der Waals surface area contributed by atoms with Crippen LogP contribution in [0.1, 0.15) is 21.5 Å². The quantitative estimate of drug-likeness (QED) is 0.599. The van der Waals surface area contributed by atoms with E-state index in [1.54, 1.807) is 17.6 Å². The number of carbonyl (C=O) groups is 1. The van der Waals surface area contributed by atoms with E-state index in [0.29, 0.717) is 19.9 Å². The number of hydrogen-bond acceptors (Lipinski definition) is 6. The van der Waals surface area contributed by atoms with Gasteiger partial charge in [-0.2, -0.15) is 0 Å². The number of aromatic nitrogens is 2. The highest BCUT2D eigenvalue weighted by Crippen LogP contribution is 2.38. The van der Waals surface area contributed by atoms with Crippen LogP contribution in [0.3, 0.4) is 0 Å². The van der Waals surface area contributed by atoms with E-state index in [9.17, 15) is 13.2 Å². The molecule has 7 nitrogen and oxygen atoms in total. The molecule has 1 unspecified atom stereocenters. The van der Waals surface area contributed by atoms with Gasteiger partial charge in [-0.05, 0) is 6.07 Å². The number of halogens is 2. The van der Waals surface area contributed by atoms with Crippen LogP contribution in [0, 0.1) is 0 Å². The summed E-state index contributed by atoms with van der Waals surface area (Å²) in [4.78, 5) is 19.7. The van der Waals surface area contributed by atoms with E-state index in [1.165, 1.54) is 36.8 Å². The predicted octanol–water partition coefficient (Wildman–Crippen LogP) is 3.36. The van der Waals surface area contributed by atoms with Gasteiger partial charge in [-0.3, -0.25) is 4.79 Å². The van der Waals surface area contributed by atoms with Crippen molar-refractivity contribution in [3.8, 4) is 0 Å². The molecule has 3 aromatic rings. The van der Waals surface area contributed by atoms with Gasteiger partial charge in [0.1, 0.15) is 15.0 Å². The number of sulfonamides is 1. The Morgan fingerprint density at radius 2 is 2.15 bits per heavy atom. The van der Waals surface area contributed by atoms with Gasteiger partial charge >= 0.3 is 0 Å². The Morgan fingerprint density at radius 1 is 1.42 bits per heavy atom. The molecule has 140 valence electrons. The third kappa shape index (κ3) is 3.90. The number of thiazole rings is 1. The van der Waals surface area contributed by atoms with Crippen molar-refractivity contribution in [3.63, 3.8) is 0 Å². The number of amides is 1. The molecule has 1 amide bonds. The lowest BCUT2D eigenvalue weighted by atomic mass is 10.3. The number of rotatable bonds is 6. The smallest absolute Gasteiger partial charge is 0.268 e. The summed E-state index contributed by atoms with van der Waals surface area (Å²) in [6, 6.07) is 0.863. The maximum absolute atomic E-state index is 12.6. The third-order valence-electron chi connectivity index (χ3n) is 3.61. The zero-order chi connectivity index (χ0) is 19.1. The van der Waals surface area contributed by atoms with E-state index in [0.717, 1.165) is 9.01 Å². The number of carbonyl (C=O) groups excluding carboxylic acids is 1. The molecule has 3 heterocycles. The molecule has 12 heteroatoms. The zero-order valence-electron chi connectivity index (χ0n) is 13.6. The molecule has 2 N–H and O–H groups in total. The third-order valence-corrected chi connectivity index (χ3v) is 8.30. The number of hydrogen-bond donors (Lipinski definition) is 2. The minimum Gasteiger partial charge on any atom is -0.349 e. The second-order valence-corrected chi connectivity index (χ2v) is 10.8. The van der Waals surface area contributed by atoms with Gasteiger partial charge in [-0.1, -0.05) is 23.2 Å². The first-order valence-corrected chi connectivity index (χ1v) is 11.3. The number of H-pyrrole nitrogens is 1. The highest BCUT2D eigenvalue weighted by molar-refractivity contribution is 7.89. The molecule has 0 bridgehead atoms. The minimum absolute atomic E-state index is 0.272. The molecular weight excluding hydrogens is 439 g/mol. The number of aromatic amines is 1. The molecule has 0 radical (unpaired) electrons. The summed E-state index contributed by atoms with van der Waals surface area (Å²) in [5, 5.41) is 5.33. The summed E-state index contributed by atoms with van der Waals surface area (Å²) in [6.07, 6.45) is 1.56. The van der Waals surface area contributed by atoms with E-state index in [4.69, 9.17) is 23.2 Å². The van der Waals surface area contributed by atoms with Crippen LogP contribution in [0.15, 0.2) is 17.6 Å². The maximum atomic E-state index is 12.6. The SMILES string of the molecule is CN(C)S(=O)(=O)CC(NC(=O)c1cc2sc(Cl)c(Cl)c2[nH]1)c1nccs1. The second-order valence-electron chi connectivity index (χ2n) is 5.57. The Kier molecular flexibility index (Phi) is 5.61. The van der Waals surface area contributed by atoms with Gasteiger partial charge in [-0.15, -0.1) is 22.7 Å². The molecule has 0 aliphatic carbocycles. The molecule has 3 aromatic heterocycles. The fourth-order valence-electron chi connectivity index (χ4n) is 2.22. The van der Waals surface area contributed by atoms with Crippen LogP contribution in [0.4, 0.5) is 0 Å². The molecule has 0 saturated heterocycles. The molecular formula is C14H14Cl2N4O3S3. The lowest BCUT2D eigenvalue weighted by Gasteiger charge is -2.19. The van der Waals surface area contributed by atoms with Crippen molar-refractivity contribution in [3.05, 3.63) is 37.7 Å². The summed E-state index contributed by atoms with van der Waals surface area (Å²) >= 11 is 14.6. The Labute approximate surface area is 168 Å². The standard InChI is InChI=1S/C14H14Cl2N4O3S3/c1-20(2)26(22,23)6-8(14-17-3-4-24-14)19-13(21)7-5-9-11(18-7)10(15)12(16)25-9/h3-5,8,18H,6H2,1-2H3,(H,19,21). The fourth-order valence-corrected chi connectivity index (χ4v) is 5.45. The van der Waals surface area contributed by atoms with Crippen LogP contribution in [0.25, 0.3) is 10.2 Å². The van der Waals surface area contributed by atoms with Crippen LogP contribution < -0.4 is 5.32 Å². The number of fused-ring (bicyclic) bond motifs is 1. The van der Waals surface area contributed by atoms with E-state index in [1.807, 2.05) is 0 Å². The largest absolute Gasteiger partial charge is 0.349 e. The average molecular weight is 453 g/mol. The van der Waals surface area contributed by atoms with Crippen molar-refractivity contribution in [2.75, 3.05) is 19.8 Å². The lowest BCUT2D eigenvalue weighted by Crippen LogP contribution is -2.37. The molecule has 26 heavy (non-hydrogen) atoms. The summed E-state index contributed by atoms with van der Waals surface area (Å²) in [5.74, 6) is -0.740. The van der Waals surface area contributed by atoms with E-state index in [2.05, 4.69) is 15.3 Å². The molecule has 0 aliphatic heterocycles. The van der Waals surface area contributed by atoms with Gasteiger partial charge in [-0.25, -0.2) is 17.7 Å². The van der Waals surface area contributed by atoms with Gasteiger partial charge in [0.2, 0.25) is 10.0 Å². The first-order valence-electron chi connectivity index (χ1n) is 7.26. The topological polar surface area (TPSA) is 95.2 Å². The predicted molar refractivity (Wildman–Crippen MR) is 106 cm³/mol. The zero-order valence-corrected chi connectivity index (χ0v) is 17.6. The molecule has 1 atom stereocenters. The van der Waals surface area contributed by atoms with E-state index in [-0.39, 0.29) is 11.4 Å². The van der Waals surface area contributed by atoms with Crippen molar-refractivity contribution in [2.24, 2.45) is 0 Å². The van der Waals surface area contributed by atoms with Gasteiger partial charge in [0.15, 0.2) is 0 Å². The van der Waals surface area contributed by atoms with E-state index < -0.39 is 22.0 Å². The van der Waals surface area contributed by atoms with Gasteiger partial charge in [0.25, 0.3) is 5.91 Å². The monoisotopic (exact) mass is 452 g/mol. The average Bonchev–Trinajstić information content (AvgIpc) is 3.26. The summed E-state index contributed by atoms with van der Waals surface area (Å²) in [5.41, 5.74) is 0.854. The summed E-state index contributed by atoms with van der Waals surface area (Å²) in [7, 11) is -0.648. The number of thiophene rings is 1. The van der Waals surface area contributed by atoms with Crippen molar-refractivity contribution >= 4 is 72.0 Å². The van der Waals surface area contributed by atoms with Gasteiger partial charge in [0.05, 0.1) is 27.0 Å². The molecule has 0 spiro atoms. The van der Waals surface area contributed by atoms with Crippen LogP contribution in [-0.2, 0) is 10.0 Å². The minimum atomic E-state index is -3.54. The van der Waals surface area contributed by atoms with Crippen LogP contribution >= 0.6 is 45.9 Å². The number of nitrogens with one attached hydrogen (secondary N) is 2. The normalized spacial score (nSPS) is 13.4. The molecule has 0 fully saturated rings. The Hall–Kier alpha value is -1.17. The highest BCUT2D eigenvalue weighted by Gasteiger charge is 2.27. The van der Waals surface area contributed by atoms with Gasteiger partial charge in [0, 0.05) is 25.7 Å². The summed E-state index contributed by atoms with van der Waals surface area (Å²) < 4.78 is 26.8. The lowest BCUT2D eigenvalue weighted by molar-refractivity contribution is 0.0936. The van der Waals surface area contributed by atoms with Crippen molar-refractivity contribution in [1.82, 2.24) is 19.6 Å². The molecule has 3 rings (SSSR count). The number of nitrogens with zero attached hydrogens (tertiary/aromatic N) is 2. The van der Waals surface area contributed by atoms with Crippen molar-refractivity contribution < 1.29 is 13.2 Å². The van der Waals surface area contributed by atoms with Gasteiger partial charge < -0.3 is 10.3 Å². The van der Waals surface area contributed by atoms with Crippen LogP contribution in [0.2, 0.25) is 9.36 Å². The molecule has 0 saturated carbocycles. The Balaban J connectivity index is 1.86. The Morgan fingerprint density at radius 3 is 2.73 bits per heavy atom. The molecule has 0 aliphatic rings. The second kappa shape index (κ2) is 7.45. The first kappa shape index (κ1) is 19.6. The molecule has 0 aromatic carbocycles. The van der Waals surface area contributed by atoms with Crippen molar-refractivity contribution in [1.29, 1.82) is 0 Å². The Bertz CT molecular complexity index is 1040. The van der Waals surface area contributed by atoms with E-state index >= 15 is 0 Å².